The van der Waals surface area contributed by atoms with Crippen molar-refractivity contribution in [2.75, 3.05) is 26.7 Å². The summed E-state index contributed by atoms with van der Waals surface area (Å²) in [6.07, 6.45) is 3.04. The molecule has 0 saturated carbocycles. The summed E-state index contributed by atoms with van der Waals surface area (Å²) in [7, 11) is 1.69. The summed E-state index contributed by atoms with van der Waals surface area (Å²) in [6.45, 7) is 3.87. The van der Waals surface area contributed by atoms with E-state index in [-0.39, 0.29) is 18.4 Å². The zero-order valence-corrected chi connectivity index (χ0v) is 12.3. The minimum atomic E-state index is -0.0900. The van der Waals surface area contributed by atoms with Crippen LogP contribution in [0.1, 0.15) is 35.7 Å². The average Bonchev–Trinajstić information content (AvgIpc) is 3.00. The Balaban J connectivity index is 1.98. The molecule has 0 bridgehead atoms. The standard InChI is InChI=1S/C16H22N2O2/c1-3-13-7-6-8-14(11-13)16(20)17(2)12-15(19)18-9-4-5-10-18/h6-8,11H,3-5,9-10,12H2,1-2H3. The summed E-state index contributed by atoms with van der Waals surface area (Å²) in [5.74, 6) is -0.0437. The fraction of sp³-hybridized carbons (Fsp3) is 0.500. The minimum Gasteiger partial charge on any atom is -0.341 e. The average molecular weight is 274 g/mol. The van der Waals surface area contributed by atoms with Crippen molar-refractivity contribution in [3.05, 3.63) is 35.4 Å². The third-order valence-corrected chi connectivity index (χ3v) is 3.76. The van der Waals surface area contributed by atoms with Crippen LogP contribution in [0.25, 0.3) is 0 Å². The summed E-state index contributed by atoms with van der Waals surface area (Å²) < 4.78 is 0. The van der Waals surface area contributed by atoms with Crippen molar-refractivity contribution in [2.24, 2.45) is 0 Å². The minimum absolute atomic E-state index is 0.0463. The van der Waals surface area contributed by atoms with Crippen LogP contribution in [-0.4, -0.2) is 48.3 Å². The molecule has 1 saturated heterocycles. The van der Waals surface area contributed by atoms with E-state index in [9.17, 15) is 9.59 Å². The van der Waals surface area contributed by atoms with Gasteiger partial charge in [-0.2, -0.15) is 0 Å². The van der Waals surface area contributed by atoms with E-state index in [0.29, 0.717) is 5.56 Å². The largest absolute Gasteiger partial charge is 0.341 e. The monoisotopic (exact) mass is 274 g/mol. The van der Waals surface area contributed by atoms with E-state index in [1.165, 1.54) is 4.90 Å². The maximum Gasteiger partial charge on any atom is 0.254 e. The van der Waals surface area contributed by atoms with Crippen molar-refractivity contribution in [1.82, 2.24) is 9.80 Å². The molecular formula is C16H22N2O2. The lowest BCUT2D eigenvalue weighted by atomic mass is 10.1. The SMILES string of the molecule is CCc1cccc(C(=O)N(C)CC(=O)N2CCCC2)c1. The smallest absolute Gasteiger partial charge is 0.254 e. The van der Waals surface area contributed by atoms with E-state index >= 15 is 0 Å². The second-order valence-corrected chi connectivity index (χ2v) is 5.30. The predicted octanol–water partition coefficient (Wildman–Crippen LogP) is 1.94. The molecule has 0 radical (unpaired) electrons. The zero-order valence-electron chi connectivity index (χ0n) is 12.3. The second kappa shape index (κ2) is 6.55. The molecule has 1 fully saturated rings. The van der Waals surface area contributed by atoms with Crippen LogP contribution >= 0.6 is 0 Å². The van der Waals surface area contributed by atoms with Gasteiger partial charge < -0.3 is 9.80 Å². The Morgan fingerprint density at radius 2 is 1.95 bits per heavy atom. The highest BCUT2D eigenvalue weighted by Gasteiger charge is 2.21. The number of aryl methyl sites for hydroxylation is 1. The molecule has 108 valence electrons. The van der Waals surface area contributed by atoms with Gasteiger partial charge in [0.05, 0.1) is 6.54 Å². The van der Waals surface area contributed by atoms with Crippen molar-refractivity contribution in [1.29, 1.82) is 0 Å². The number of likely N-dealkylation sites (tertiary alicyclic amines) is 1. The number of hydrogen-bond acceptors (Lipinski definition) is 2. The molecule has 1 aliphatic rings. The maximum absolute atomic E-state index is 12.3. The second-order valence-electron chi connectivity index (χ2n) is 5.30. The predicted molar refractivity (Wildman–Crippen MR) is 78.6 cm³/mol. The number of hydrogen-bond donors (Lipinski definition) is 0. The van der Waals surface area contributed by atoms with Crippen LogP contribution < -0.4 is 0 Å². The molecule has 0 atom stereocenters. The summed E-state index contributed by atoms with van der Waals surface area (Å²) in [6, 6.07) is 7.60. The van der Waals surface area contributed by atoms with Gasteiger partial charge in [-0.05, 0) is 37.0 Å². The molecule has 1 aromatic carbocycles. The van der Waals surface area contributed by atoms with Crippen LogP contribution in [-0.2, 0) is 11.2 Å². The fourth-order valence-corrected chi connectivity index (χ4v) is 2.49. The van der Waals surface area contributed by atoms with E-state index < -0.39 is 0 Å². The van der Waals surface area contributed by atoms with Crippen molar-refractivity contribution < 1.29 is 9.59 Å². The number of likely N-dealkylation sites (N-methyl/N-ethyl adjacent to an activating group) is 1. The van der Waals surface area contributed by atoms with Crippen LogP contribution in [0, 0.1) is 0 Å². The lowest BCUT2D eigenvalue weighted by Crippen LogP contribution is -2.39. The highest BCUT2D eigenvalue weighted by molar-refractivity contribution is 5.96. The molecule has 1 aromatic rings. The summed E-state index contributed by atoms with van der Waals surface area (Å²) >= 11 is 0. The van der Waals surface area contributed by atoms with Gasteiger partial charge in [-0.1, -0.05) is 19.1 Å². The van der Waals surface area contributed by atoms with Crippen LogP contribution in [0.2, 0.25) is 0 Å². The zero-order chi connectivity index (χ0) is 14.5. The molecule has 4 nitrogen and oxygen atoms in total. The summed E-state index contributed by atoms with van der Waals surface area (Å²) in [4.78, 5) is 27.7. The van der Waals surface area contributed by atoms with E-state index in [1.54, 1.807) is 13.1 Å². The highest BCUT2D eigenvalue weighted by Crippen LogP contribution is 2.11. The van der Waals surface area contributed by atoms with Crippen molar-refractivity contribution in [2.45, 2.75) is 26.2 Å². The molecule has 20 heavy (non-hydrogen) atoms. The van der Waals surface area contributed by atoms with Gasteiger partial charge in [0.15, 0.2) is 0 Å². The molecule has 2 rings (SSSR count). The Labute approximate surface area is 120 Å². The molecular weight excluding hydrogens is 252 g/mol. The third-order valence-electron chi connectivity index (χ3n) is 3.76. The molecule has 0 N–H and O–H groups in total. The van der Waals surface area contributed by atoms with E-state index in [0.717, 1.165) is 37.9 Å². The molecule has 2 amide bonds. The van der Waals surface area contributed by atoms with Crippen molar-refractivity contribution in [3.63, 3.8) is 0 Å². The van der Waals surface area contributed by atoms with Gasteiger partial charge in [-0.3, -0.25) is 9.59 Å². The lowest BCUT2D eigenvalue weighted by Gasteiger charge is -2.21. The maximum atomic E-state index is 12.3. The first-order valence-corrected chi connectivity index (χ1v) is 7.24. The van der Waals surface area contributed by atoms with Gasteiger partial charge in [-0.15, -0.1) is 0 Å². The normalized spacial score (nSPS) is 14.4. The fourth-order valence-electron chi connectivity index (χ4n) is 2.49. The highest BCUT2D eigenvalue weighted by atomic mass is 16.2. The van der Waals surface area contributed by atoms with Crippen LogP contribution in [0.3, 0.4) is 0 Å². The lowest BCUT2D eigenvalue weighted by molar-refractivity contribution is -0.130. The quantitative estimate of drug-likeness (QED) is 0.842. The number of rotatable bonds is 4. The Morgan fingerprint density at radius 1 is 1.25 bits per heavy atom. The number of benzene rings is 1. The van der Waals surface area contributed by atoms with Gasteiger partial charge in [0.25, 0.3) is 5.91 Å². The van der Waals surface area contributed by atoms with Crippen molar-refractivity contribution >= 4 is 11.8 Å². The summed E-state index contributed by atoms with van der Waals surface area (Å²) in [5, 5.41) is 0. The molecule has 4 heteroatoms. The Bertz CT molecular complexity index is 493. The third kappa shape index (κ3) is 3.38. The molecule has 0 aliphatic carbocycles. The number of nitrogens with zero attached hydrogens (tertiary/aromatic N) is 2. The Kier molecular flexibility index (Phi) is 4.77. The van der Waals surface area contributed by atoms with Crippen LogP contribution in [0.15, 0.2) is 24.3 Å². The van der Waals surface area contributed by atoms with Gasteiger partial charge in [-0.25, -0.2) is 0 Å². The molecule has 0 spiro atoms. The van der Waals surface area contributed by atoms with E-state index in [2.05, 4.69) is 6.92 Å². The Morgan fingerprint density at radius 3 is 2.60 bits per heavy atom. The van der Waals surface area contributed by atoms with Gasteiger partial charge in [0.2, 0.25) is 5.91 Å². The van der Waals surface area contributed by atoms with Crippen LogP contribution in [0.5, 0.6) is 0 Å². The van der Waals surface area contributed by atoms with Gasteiger partial charge in [0, 0.05) is 25.7 Å². The topological polar surface area (TPSA) is 40.6 Å². The first-order chi connectivity index (χ1) is 9.61. The molecule has 1 heterocycles. The first kappa shape index (κ1) is 14.6. The molecule has 0 aromatic heterocycles. The Hall–Kier alpha value is -1.84. The first-order valence-electron chi connectivity index (χ1n) is 7.24. The number of carbonyl (C=O) groups excluding carboxylic acids is 2. The van der Waals surface area contributed by atoms with Gasteiger partial charge >= 0.3 is 0 Å². The molecule has 0 unspecified atom stereocenters. The summed E-state index contributed by atoms with van der Waals surface area (Å²) in [5.41, 5.74) is 1.79. The number of carbonyl (C=O) groups is 2. The molecule has 1 aliphatic heterocycles. The van der Waals surface area contributed by atoms with E-state index in [1.807, 2.05) is 23.1 Å². The van der Waals surface area contributed by atoms with Crippen molar-refractivity contribution in [3.8, 4) is 0 Å². The van der Waals surface area contributed by atoms with Gasteiger partial charge in [0.1, 0.15) is 0 Å². The van der Waals surface area contributed by atoms with Crippen LogP contribution in [0.4, 0.5) is 0 Å². The number of amides is 2. The van der Waals surface area contributed by atoms with E-state index in [4.69, 9.17) is 0 Å².